The van der Waals surface area contributed by atoms with Crippen LogP contribution in [0.3, 0.4) is 0 Å². The maximum Gasteiger partial charge on any atom is 0.338 e. The van der Waals surface area contributed by atoms with Crippen LogP contribution < -0.4 is 0 Å². The highest BCUT2D eigenvalue weighted by atomic mass is 35.5. The van der Waals surface area contributed by atoms with E-state index >= 15 is 0 Å². The predicted octanol–water partition coefficient (Wildman–Crippen LogP) is 5.99. The largest absolute Gasteiger partial charge is 0.462 e. The molecule has 0 radical (unpaired) electrons. The van der Waals surface area contributed by atoms with E-state index in [0.717, 1.165) is 28.2 Å². The molecule has 146 valence electrons. The minimum Gasteiger partial charge on any atom is -0.462 e. The molecule has 3 rings (SSSR count). The molecule has 1 heterocycles. The first-order chi connectivity index (χ1) is 13.9. The summed E-state index contributed by atoms with van der Waals surface area (Å²) in [6, 6.07) is 18.9. The van der Waals surface area contributed by atoms with Crippen molar-refractivity contribution in [2.75, 3.05) is 6.61 Å². The second kappa shape index (κ2) is 8.81. The molecule has 0 aliphatic carbocycles. The molecule has 2 aromatic carbocycles. The summed E-state index contributed by atoms with van der Waals surface area (Å²) in [5.74, 6) is -0.343. The van der Waals surface area contributed by atoms with Gasteiger partial charge < -0.3 is 9.30 Å². The minimum absolute atomic E-state index is 0.333. The Labute approximate surface area is 175 Å². The van der Waals surface area contributed by atoms with Crippen LogP contribution in [0, 0.1) is 25.2 Å². The summed E-state index contributed by atoms with van der Waals surface area (Å²) in [5, 5.41) is 10.2. The highest BCUT2D eigenvalue weighted by molar-refractivity contribution is 6.30. The Morgan fingerprint density at radius 3 is 2.55 bits per heavy atom. The van der Waals surface area contributed by atoms with Crippen molar-refractivity contribution in [3.05, 3.63) is 87.7 Å². The number of rotatable bonds is 5. The minimum atomic E-state index is -0.343. The Morgan fingerprint density at radius 2 is 1.86 bits per heavy atom. The molecule has 0 saturated carbocycles. The topological polar surface area (TPSA) is 55.0 Å². The molecular weight excluding hydrogens is 384 g/mol. The Bertz CT molecular complexity index is 1140. The zero-order valence-electron chi connectivity index (χ0n) is 16.6. The van der Waals surface area contributed by atoms with E-state index in [2.05, 4.69) is 10.6 Å². The SMILES string of the molecule is CCOC(=O)c1cccc(-n2c(C)cc(C=C(C#N)c3cccc(Cl)c3)c2C)c1. The molecule has 29 heavy (non-hydrogen) atoms. The third kappa shape index (κ3) is 4.42. The van der Waals surface area contributed by atoms with Gasteiger partial charge in [0, 0.05) is 22.1 Å². The van der Waals surface area contributed by atoms with Gasteiger partial charge in [-0.25, -0.2) is 4.79 Å². The molecule has 3 aromatic rings. The van der Waals surface area contributed by atoms with Gasteiger partial charge >= 0.3 is 5.97 Å². The maximum absolute atomic E-state index is 12.1. The number of hydrogen-bond donors (Lipinski definition) is 0. The molecule has 0 saturated heterocycles. The number of allylic oxidation sites excluding steroid dienone is 1. The third-order valence-corrected chi connectivity index (χ3v) is 4.88. The molecule has 0 aliphatic rings. The van der Waals surface area contributed by atoms with Crippen LogP contribution >= 0.6 is 11.6 Å². The number of halogens is 1. The van der Waals surface area contributed by atoms with E-state index in [0.29, 0.717) is 22.8 Å². The lowest BCUT2D eigenvalue weighted by Crippen LogP contribution is -2.06. The number of nitriles is 1. The summed E-state index contributed by atoms with van der Waals surface area (Å²) in [5.41, 5.74) is 5.58. The van der Waals surface area contributed by atoms with Crippen LogP contribution in [0.5, 0.6) is 0 Å². The summed E-state index contributed by atoms with van der Waals surface area (Å²) in [7, 11) is 0. The number of ether oxygens (including phenoxy) is 1. The normalized spacial score (nSPS) is 11.2. The van der Waals surface area contributed by atoms with Crippen molar-refractivity contribution in [3.63, 3.8) is 0 Å². The summed E-state index contributed by atoms with van der Waals surface area (Å²) in [6.45, 7) is 6.10. The van der Waals surface area contributed by atoms with Gasteiger partial charge in [0.15, 0.2) is 0 Å². The lowest BCUT2D eigenvalue weighted by Gasteiger charge is -2.11. The van der Waals surface area contributed by atoms with E-state index in [1.54, 1.807) is 25.1 Å². The van der Waals surface area contributed by atoms with Gasteiger partial charge in [-0.15, -0.1) is 0 Å². The van der Waals surface area contributed by atoms with Gasteiger partial charge in [0.25, 0.3) is 0 Å². The molecule has 0 fully saturated rings. The lowest BCUT2D eigenvalue weighted by molar-refractivity contribution is 0.0526. The van der Waals surface area contributed by atoms with Gasteiger partial charge in [0.1, 0.15) is 0 Å². The molecule has 0 bridgehead atoms. The van der Waals surface area contributed by atoms with E-state index in [1.807, 2.05) is 56.3 Å². The highest BCUT2D eigenvalue weighted by Crippen LogP contribution is 2.26. The van der Waals surface area contributed by atoms with E-state index in [1.165, 1.54) is 0 Å². The number of hydrogen-bond acceptors (Lipinski definition) is 3. The molecule has 0 unspecified atom stereocenters. The highest BCUT2D eigenvalue weighted by Gasteiger charge is 2.13. The first-order valence-corrected chi connectivity index (χ1v) is 9.66. The lowest BCUT2D eigenvalue weighted by atomic mass is 10.0. The fraction of sp³-hybridized carbons (Fsp3) is 0.167. The predicted molar refractivity (Wildman–Crippen MR) is 116 cm³/mol. The van der Waals surface area contributed by atoms with E-state index in [9.17, 15) is 10.1 Å². The quantitative estimate of drug-likeness (QED) is 0.387. The number of aryl methyl sites for hydroxylation is 1. The number of nitrogens with zero attached hydrogens (tertiary/aromatic N) is 2. The van der Waals surface area contributed by atoms with Gasteiger partial charge in [-0.2, -0.15) is 5.26 Å². The van der Waals surface area contributed by atoms with Crippen molar-refractivity contribution in [3.8, 4) is 11.8 Å². The third-order valence-electron chi connectivity index (χ3n) is 4.64. The van der Waals surface area contributed by atoms with Crippen molar-refractivity contribution < 1.29 is 9.53 Å². The van der Waals surface area contributed by atoms with Crippen LogP contribution in [0.4, 0.5) is 0 Å². The van der Waals surface area contributed by atoms with Crippen LogP contribution in [-0.2, 0) is 4.74 Å². The number of esters is 1. The number of aromatic nitrogens is 1. The first-order valence-electron chi connectivity index (χ1n) is 9.28. The van der Waals surface area contributed by atoms with Crippen LogP contribution in [0.25, 0.3) is 17.3 Å². The Balaban J connectivity index is 2.05. The molecule has 0 N–H and O–H groups in total. The van der Waals surface area contributed by atoms with Crippen molar-refractivity contribution >= 4 is 29.2 Å². The summed E-state index contributed by atoms with van der Waals surface area (Å²) < 4.78 is 7.16. The van der Waals surface area contributed by atoms with Gasteiger partial charge in [0.05, 0.1) is 23.8 Å². The van der Waals surface area contributed by atoms with Crippen LogP contribution in [0.2, 0.25) is 5.02 Å². The maximum atomic E-state index is 12.1. The number of carbonyl (C=O) groups excluding carboxylic acids is 1. The van der Waals surface area contributed by atoms with Crippen LogP contribution in [-0.4, -0.2) is 17.1 Å². The standard InChI is InChI=1S/C24H21ClN2O2/c1-4-29-24(28)19-8-6-10-23(14-19)27-16(2)11-20(17(27)3)12-21(15-26)18-7-5-9-22(25)13-18/h5-14H,4H2,1-3H3. The molecule has 0 spiro atoms. The zero-order chi connectivity index (χ0) is 21.0. The van der Waals surface area contributed by atoms with Gasteiger partial charge in [-0.05, 0) is 74.4 Å². The van der Waals surface area contributed by atoms with Crippen molar-refractivity contribution in [1.82, 2.24) is 4.57 Å². The fourth-order valence-corrected chi connectivity index (χ4v) is 3.50. The van der Waals surface area contributed by atoms with Gasteiger partial charge in [-0.1, -0.05) is 29.8 Å². The Morgan fingerprint density at radius 1 is 1.14 bits per heavy atom. The Kier molecular flexibility index (Phi) is 6.21. The first kappa shape index (κ1) is 20.4. The number of carbonyl (C=O) groups is 1. The average Bonchev–Trinajstić information content (AvgIpc) is 2.99. The molecule has 4 nitrogen and oxygen atoms in total. The van der Waals surface area contributed by atoms with Crippen LogP contribution in [0.1, 0.15) is 39.8 Å². The average molecular weight is 405 g/mol. The van der Waals surface area contributed by atoms with Gasteiger partial charge in [-0.3, -0.25) is 0 Å². The molecular formula is C24H21ClN2O2. The van der Waals surface area contributed by atoms with E-state index in [-0.39, 0.29) is 5.97 Å². The fourth-order valence-electron chi connectivity index (χ4n) is 3.31. The molecule has 0 amide bonds. The Hall–Kier alpha value is -3.29. The van der Waals surface area contributed by atoms with Crippen molar-refractivity contribution in [2.45, 2.75) is 20.8 Å². The zero-order valence-corrected chi connectivity index (χ0v) is 17.3. The summed E-state index contributed by atoms with van der Waals surface area (Å²) >= 11 is 6.07. The second-order valence-corrected chi connectivity index (χ2v) is 7.05. The molecule has 5 heteroatoms. The monoisotopic (exact) mass is 404 g/mol. The van der Waals surface area contributed by atoms with E-state index < -0.39 is 0 Å². The smallest absolute Gasteiger partial charge is 0.338 e. The van der Waals surface area contributed by atoms with Gasteiger partial charge in [0.2, 0.25) is 0 Å². The summed E-state index contributed by atoms with van der Waals surface area (Å²) in [4.78, 5) is 12.1. The molecule has 1 aromatic heterocycles. The van der Waals surface area contributed by atoms with E-state index in [4.69, 9.17) is 16.3 Å². The molecule has 0 aliphatic heterocycles. The molecule has 0 atom stereocenters. The summed E-state index contributed by atoms with van der Waals surface area (Å²) in [6.07, 6.45) is 1.86. The van der Waals surface area contributed by atoms with Crippen LogP contribution in [0.15, 0.2) is 54.6 Å². The second-order valence-electron chi connectivity index (χ2n) is 6.61. The van der Waals surface area contributed by atoms with Crippen molar-refractivity contribution in [2.24, 2.45) is 0 Å². The van der Waals surface area contributed by atoms with Crippen molar-refractivity contribution in [1.29, 1.82) is 5.26 Å². The number of benzene rings is 2.